The lowest BCUT2D eigenvalue weighted by atomic mass is 10.1. The van der Waals surface area contributed by atoms with Crippen molar-refractivity contribution in [3.05, 3.63) is 23.6 Å². The molecule has 0 aliphatic carbocycles. The number of anilines is 1. The van der Waals surface area contributed by atoms with Crippen LogP contribution in [0.15, 0.2) is 12.3 Å². The van der Waals surface area contributed by atoms with Gasteiger partial charge in [0.1, 0.15) is 11.6 Å². The van der Waals surface area contributed by atoms with Gasteiger partial charge in [-0.15, -0.1) is 0 Å². The Labute approximate surface area is 116 Å². The van der Waals surface area contributed by atoms with Crippen molar-refractivity contribution >= 4 is 5.82 Å². The average molecular weight is 267 g/mol. The maximum Gasteiger partial charge on any atom is 0.141 e. The van der Waals surface area contributed by atoms with Gasteiger partial charge in [0.2, 0.25) is 0 Å². The number of aromatic nitrogens is 1. The third-order valence-corrected chi connectivity index (χ3v) is 2.72. The lowest BCUT2D eigenvalue weighted by Gasteiger charge is -2.25. The standard InChI is InChI=1S/C15H26FN3/c1-11(2)10-19(6)14-12(7-13(16)9-17-14)8-18-15(3,4)5/h7,9,11,18H,8,10H2,1-6H3. The average Bonchev–Trinajstić information content (AvgIpc) is 2.24. The van der Waals surface area contributed by atoms with Gasteiger partial charge in [0.05, 0.1) is 6.20 Å². The van der Waals surface area contributed by atoms with Gasteiger partial charge in [-0.3, -0.25) is 0 Å². The SMILES string of the molecule is CC(C)CN(C)c1ncc(F)cc1CNC(C)(C)C. The minimum atomic E-state index is -0.285. The van der Waals surface area contributed by atoms with Crippen LogP contribution in [0, 0.1) is 11.7 Å². The molecule has 1 aromatic heterocycles. The van der Waals surface area contributed by atoms with E-state index in [2.05, 4.69) is 49.8 Å². The number of rotatable bonds is 5. The summed E-state index contributed by atoms with van der Waals surface area (Å²) in [6, 6.07) is 1.57. The molecule has 0 saturated heterocycles. The zero-order chi connectivity index (χ0) is 14.6. The first kappa shape index (κ1) is 15.9. The van der Waals surface area contributed by atoms with E-state index in [0.717, 1.165) is 17.9 Å². The van der Waals surface area contributed by atoms with Crippen LogP contribution in [-0.2, 0) is 6.54 Å². The fourth-order valence-corrected chi connectivity index (χ4v) is 1.94. The quantitative estimate of drug-likeness (QED) is 0.888. The predicted octanol–water partition coefficient (Wildman–Crippen LogP) is 3.20. The summed E-state index contributed by atoms with van der Waals surface area (Å²) in [6.07, 6.45) is 1.28. The van der Waals surface area contributed by atoms with Crippen LogP contribution < -0.4 is 10.2 Å². The summed E-state index contributed by atoms with van der Waals surface area (Å²) in [5, 5.41) is 3.38. The van der Waals surface area contributed by atoms with E-state index in [0.29, 0.717) is 12.5 Å². The van der Waals surface area contributed by atoms with E-state index in [1.807, 2.05) is 7.05 Å². The molecule has 1 aromatic rings. The van der Waals surface area contributed by atoms with Crippen molar-refractivity contribution in [1.29, 1.82) is 0 Å². The van der Waals surface area contributed by atoms with Gasteiger partial charge in [-0.25, -0.2) is 9.37 Å². The maximum atomic E-state index is 13.4. The van der Waals surface area contributed by atoms with E-state index in [1.165, 1.54) is 6.20 Å². The highest BCUT2D eigenvalue weighted by Gasteiger charge is 2.14. The number of nitrogens with zero attached hydrogens (tertiary/aromatic N) is 2. The third kappa shape index (κ3) is 5.55. The second-order valence-corrected chi connectivity index (χ2v) is 6.51. The summed E-state index contributed by atoms with van der Waals surface area (Å²) >= 11 is 0. The van der Waals surface area contributed by atoms with Crippen molar-refractivity contribution in [3.63, 3.8) is 0 Å². The van der Waals surface area contributed by atoms with Crippen LogP contribution in [0.4, 0.5) is 10.2 Å². The van der Waals surface area contributed by atoms with Crippen LogP contribution in [0.1, 0.15) is 40.2 Å². The van der Waals surface area contributed by atoms with Crippen LogP contribution in [-0.4, -0.2) is 24.1 Å². The minimum Gasteiger partial charge on any atom is -0.359 e. The van der Waals surface area contributed by atoms with E-state index in [-0.39, 0.29) is 11.4 Å². The molecular formula is C15H26FN3. The number of pyridine rings is 1. The van der Waals surface area contributed by atoms with Gasteiger partial charge in [-0.1, -0.05) is 13.8 Å². The van der Waals surface area contributed by atoms with Gasteiger partial charge >= 0.3 is 0 Å². The molecule has 0 radical (unpaired) electrons. The number of nitrogens with one attached hydrogen (secondary N) is 1. The summed E-state index contributed by atoms with van der Waals surface area (Å²) < 4.78 is 13.4. The Balaban J connectivity index is 2.91. The molecule has 1 N–H and O–H groups in total. The van der Waals surface area contributed by atoms with Crippen LogP contribution in [0.2, 0.25) is 0 Å². The lowest BCUT2D eigenvalue weighted by molar-refractivity contribution is 0.423. The van der Waals surface area contributed by atoms with Crippen molar-refractivity contribution < 1.29 is 4.39 Å². The van der Waals surface area contributed by atoms with Crippen LogP contribution in [0.3, 0.4) is 0 Å². The molecule has 19 heavy (non-hydrogen) atoms. The molecule has 1 rings (SSSR count). The van der Waals surface area contributed by atoms with E-state index in [4.69, 9.17) is 0 Å². The molecule has 1 heterocycles. The molecule has 0 amide bonds. The molecule has 0 aliphatic heterocycles. The second kappa shape index (κ2) is 6.33. The topological polar surface area (TPSA) is 28.2 Å². The maximum absolute atomic E-state index is 13.4. The summed E-state index contributed by atoms with van der Waals surface area (Å²) in [4.78, 5) is 6.33. The molecule has 0 fully saturated rings. The summed E-state index contributed by atoms with van der Waals surface area (Å²) in [7, 11) is 2.00. The first-order valence-corrected chi connectivity index (χ1v) is 6.79. The highest BCUT2D eigenvalue weighted by molar-refractivity contribution is 5.46. The van der Waals surface area contributed by atoms with Crippen molar-refractivity contribution in [2.45, 2.75) is 46.7 Å². The van der Waals surface area contributed by atoms with Gasteiger partial charge in [-0.2, -0.15) is 0 Å². The fourth-order valence-electron chi connectivity index (χ4n) is 1.94. The number of halogens is 1. The fraction of sp³-hybridized carbons (Fsp3) is 0.667. The van der Waals surface area contributed by atoms with Gasteiger partial charge < -0.3 is 10.2 Å². The van der Waals surface area contributed by atoms with Crippen molar-refractivity contribution in [2.75, 3.05) is 18.5 Å². The van der Waals surface area contributed by atoms with E-state index < -0.39 is 0 Å². The van der Waals surface area contributed by atoms with Crippen molar-refractivity contribution in [2.24, 2.45) is 5.92 Å². The molecule has 0 spiro atoms. The molecule has 0 aliphatic rings. The minimum absolute atomic E-state index is 0.000205. The van der Waals surface area contributed by atoms with E-state index in [9.17, 15) is 4.39 Å². The Morgan fingerprint density at radius 3 is 2.53 bits per heavy atom. The third-order valence-electron chi connectivity index (χ3n) is 2.72. The normalized spacial score (nSPS) is 12.0. The molecule has 0 saturated carbocycles. The van der Waals surface area contributed by atoms with Crippen LogP contribution >= 0.6 is 0 Å². The predicted molar refractivity (Wildman–Crippen MR) is 78.9 cm³/mol. The molecule has 0 bridgehead atoms. The zero-order valence-electron chi connectivity index (χ0n) is 12.9. The van der Waals surface area contributed by atoms with Gasteiger partial charge in [0, 0.05) is 31.2 Å². The Morgan fingerprint density at radius 2 is 2.00 bits per heavy atom. The zero-order valence-corrected chi connectivity index (χ0v) is 12.9. The number of hydrogen-bond donors (Lipinski definition) is 1. The van der Waals surface area contributed by atoms with E-state index >= 15 is 0 Å². The molecule has 3 nitrogen and oxygen atoms in total. The molecule has 0 unspecified atom stereocenters. The van der Waals surface area contributed by atoms with Gasteiger partial charge in [0.15, 0.2) is 0 Å². The molecule has 0 atom stereocenters. The first-order valence-electron chi connectivity index (χ1n) is 6.79. The van der Waals surface area contributed by atoms with Crippen molar-refractivity contribution in [1.82, 2.24) is 10.3 Å². The molecular weight excluding hydrogens is 241 g/mol. The molecule has 108 valence electrons. The molecule has 4 heteroatoms. The van der Waals surface area contributed by atoms with E-state index in [1.54, 1.807) is 6.07 Å². The van der Waals surface area contributed by atoms with Gasteiger partial charge in [-0.05, 0) is 32.8 Å². The monoisotopic (exact) mass is 267 g/mol. The second-order valence-electron chi connectivity index (χ2n) is 6.51. The highest BCUT2D eigenvalue weighted by Crippen LogP contribution is 2.19. The summed E-state index contributed by atoms with van der Waals surface area (Å²) in [5.41, 5.74) is 0.901. The Kier molecular flexibility index (Phi) is 5.29. The van der Waals surface area contributed by atoms with Crippen LogP contribution in [0.25, 0.3) is 0 Å². The largest absolute Gasteiger partial charge is 0.359 e. The Hall–Kier alpha value is -1.16. The Morgan fingerprint density at radius 1 is 1.37 bits per heavy atom. The highest BCUT2D eigenvalue weighted by atomic mass is 19.1. The van der Waals surface area contributed by atoms with Gasteiger partial charge in [0.25, 0.3) is 0 Å². The summed E-state index contributed by atoms with van der Waals surface area (Å²) in [6.45, 7) is 12.1. The van der Waals surface area contributed by atoms with Crippen LogP contribution in [0.5, 0.6) is 0 Å². The lowest BCUT2D eigenvalue weighted by Crippen LogP contribution is -2.36. The van der Waals surface area contributed by atoms with Crippen molar-refractivity contribution in [3.8, 4) is 0 Å². The number of hydrogen-bond acceptors (Lipinski definition) is 3. The summed E-state index contributed by atoms with van der Waals surface area (Å²) in [5.74, 6) is 1.11. The Bertz CT molecular complexity index is 410. The first-order chi connectivity index (χ1) is 8.69. The molecule has 0 aromatic carbocycles. The smallest absolute Gasteiger partial charge is 0.141 e.